The van der Waals surface area contributed by atoms with Crippen molar-refractivity contribution in [3.8, 4) is 5.69 Å². The van der Waals surface area contributed by atoms with Crippen molar-refractivity contribution >= 4 is 52.4 Å². The molecule has 0 saturated heterocycles. The van der Waals surface area contributed by atoms with Gasteiger partial charge in [0.25, 0.3) is 11.8 Å². The van der Waals surface area contributed by atoms with E-state index in [0.29, 0.717) is 58.0 Å². The highest BCUT2D eigenvalue weighted by molar-refractivity contribution is 6.39. The van der Waals surface area contributed by atoms with E-state index in [0.717, 1.165) is 37.7 Å². The van der Waals surface area contributed by atoms with Crippen molar-refractivity contribution in [1.82, 2.24) is 19.6 Å². The second kappa shape index (κ2) is 15.7. The summed E-state index contributed by atoms with van der Waals surface area (Å²) in [5, 5.41) is 10.9. The first kappa shape index (κ1) is 35.0. The van der Waals surface area contributed by atoms with E-state index in [4.69, 9.17) is 28.3 Å². The standard InChI is InChI=1S/C37H42Cl2N6O3/c1-5-7-18-43(19-8-6-2)36(47)32-21-25(4)45(42-32)33-17-16-28(40-37(48)41-34-30(38)14-11-15-31(34)39)22-29(33)35(46)44-23-27-13-10-9-12-26(27)20-24(44)3/h9-17,21-22,24H,5-8,18-20,23H2,1-4H3,(H2,40,41,48)/t24-/m1/s1. The van der Waals surface area contributed by atoms with Crippen molar-refractivity contribution in [3.63, 3.8) is 0 Å². The van der Waals surface area contributed by atoms with E-state index < -0.39 is 6.03 Å². The maximum atomic E-state index is 14.5. The van der Waals surface area contributed by atoms with Gasteiger partial charge in [-0.05, 0) is 80.6 Å². The first-order chi connectivity index (χ1) is 23.1. The van der Waals surface area contributed by atoms with Gasteiger partial charge in [-0.15, -0.1) is 0 Å². The lowest BCUT2D eigenvalue weighted by molar-refractivity contribution is 0.0657. The maximum absolute atomic E-state index is 14.5. The molecule has 0 aliphatic carbocycles. The third-order valence-electron chi connectivity index (χ3n) is 8.64. The summed E-state index contributed by atoms with van der Waals surface area (Å²) in [5.41, 5.74) is 4.88. The van der Waals surface area contributed by atoms with E-state index in [1.54, 1.807) is 47.1 Å². The molecule has 1 aliphatic rings. The predicted molar refractivity (Wildman–Crippen MR) is 193 cm³/mol. The number of amides is 4. The minimum atomic E-state index is -0.571. The normalized spacial score (nSPS) is 14.0. The van der Waals surface area contributed by atoms with Gasteiger partial charge in [-0.25, -0.2) is 9.48 Å². The van der Waals surface area contributed by atoms with Gasteiger partial charge < -0.3 is 20.4 Å². The Labute approximate surface area is 292 Å². The molecule has 0 unspecified atom stereocenters. The molecule has 1 atom stereocenters. The number of benzene rings is 3. The van der Waals surface area contributed by atoms with Crippen LogP contribution < -0.4 is 10.6 Å². The van der Waals surface area contributed by atoms with Crippen molar-refractivity contribution in [3.05, 3.63) is 105 Å². The topological polar surface area (TPSA) is 99.6 Å². The number of aryl methyl sites for hydroxylation is 1. The molecule has 0 spiro atoms. The molecular weight excluding hydrogens is 647 g/mol. The van der Waals surface area contributed by atoms with Crippen LogP contribution in [0.3, 0.4) is 0 Å². The predicted octanol–water partition coefficient (Wildman–Crippen LogP) is 8.76. The van der Waals surface area contributed by atoms with Gasteiger partial charge in [0.05, 0.1) is 27.0 Å². The number of hydrogen-bond acceptors (Lipinski definition) is 4. The van der Waals surface area contributed by atoms with Crippen LogP contribution in [0.25, 0.3) is 5.69 Å². The molecule has 0 fully saturated rings. The van der Waals surface area contributed by atoms with Crippen LogP contribution in [-0.4, -0.2) is 56.6 Å². The van der Waals surface area contributed by atoms with Gasteiger partial charge in [-0.3, -0.25) is 9.59 Å². The lowest BCUT2D eigenvalue weighted by Crippen LogP contribution is -2.43. The van der Waals surface area contributed by atoms with Crippen LogP contribution in [0.1, 0.15) is 84.1 Å². The molecule has 3 aromatic carbocycles. The van der Waals surface area contributed by atoms with E-state index in [1.807, 2.05) is 41.8 Å². The Morgan fingerprint density at radius 2 is 1.56 bits per heavy atom. The summed E-state index contributed by atoms with van der Waals surface area (Å²) in [5.74, 6) is -0.332. The number of unbranched alkanes of at least 4 members (excludes halogenated alkanes) is 2. The number of halogens is 2. The molecule has 1 aromatic heterocycles. The molecule has 4 aromatic rings. The average Bonchev–Trinajstić information content (AvgIpc) is 3.46. The Bertz CT molecular complexity index is 1780. The number of carbonyl (C=O) groups is 3. The van der Waals surface area contributed by atoms with Crippen LogP contribution in [-0.2, 0) is 13.0 Å². The highest BCUT2D eigenvalue weighted by atomic mass is 35.5. The summed E-state index contributed by atoms with van der Waals surface area (Å²) in [6.45, 7) is 9.90. The fourth-order valence-electron chi connectivity index (χ4n) is 5.97. The molecule has 4 amide bonds. The number of aromatic nitrogens is 2. The zero-order valence-corrected chi connectivity index (χ0v) is 29.4. The van der Waals surface area contributed by atoms with Crippen LogP contribution >= 0.6 is 23.2 Å². The van der Waals surface area contributed by atoms with E-state index in [2.05, 4.69) is 30.5 Å². The smallest absolute Gasteiger partial charge is 0.323 e. The minimum Gasteiger partial charge on any atom is -0.337 e. The highest BCUT2D eigenvalue weighted by Crippen LogP contribution is 2.31. The second-order valence-corrected chi connectivity index (χ2v) is 13.1. The van der Waals surface area contributed by atoms with Gasteiger partial charge in [0, 0.05) is 37.1 Å². The van der Waals surface area contributed by atoms with Gasteiger partial charge in [0.15, 0.2) is 5.69 Å². The number of anilines is 2. The summed E-state index contributed by atoms with van der Waals surface area (Å²) in [7, 11) is 0. The van der Waals surface area contributed by atoms with Crippen LogP contribution in [0.15, 0.2) is 66.7 Å². The van der Waals surface area contributed by atoms with Crippen LogP contribution in [0.5, 0.6) is 0 Å². The van der Waals surface area contributed by atoms with Crippen molar-refractivity contribution in [2.45, 2.75) is 72.4 Å². The Balaban J connectivity index is 1.51. The zero-order chi connectivity index (χ0) is 34.4. The number of rotatable bonds is 11. The van der Waals surface area contributed by atoms with Gasteiger partial charge in [0.2, 0.25) is 0 Å². The number of hydrogen-bond donors (Lipinski definition) is 2. The van der Waals surface area contributed by atoms with Crippen molar-refractivity contribution in [2.24, 2.45) is 0 Å². The third kappa shape index (κ3) is 7.85. The second-order valence-electron chi connectivity index (χ2n) is 12.2. The molecule has 0 saturated carbocycles. The number of nitrogens with zero attached hydrogens (tertiary/aromatic N) is 4. The fraction of sp³-hybridized carbons (Fsp3) is 0.351. The number of fused-ring (bicyclic) bond motifs is 1. The molecule has 48 heavy (non-hydrogen) atoms. The summed E-state index contributed by atoms with van der Waals surface area (Å²) >= 11 is 12.5. The van der Waals surface area contributed by atoms with E-state index in [1.165, 1.54) is 5.56 Å². The molecule has 11 heteroatoms. The van der Waals surface area contributed by atoms with Crippen molar-refractivity contribution in [1.29, 1.82) is 0 Å². The number of para-hydroxylation sites is 1. The molecule has 252 valence electrons. The Hall–Kier alpha value is -4.34. The third-order valence-corrected chi connectivity index (χ3v) is 9.27. The van der Waals surface area contributed by atoms with Crippen LogP contribution in [0.4, 0.5) is 16.2 Å². The summed E-state index contributed by atoms with van der Waals surface area (Å²) in [6, 6.07) is 19.3. The zero-order valence-electron chi connectivity index (χ0n) is 27.9. The molecule has 2 N–H and O–H groups in total. The van der Waals surface area contributed by atoms with Crippen molar-refractivity contribution in [2.75, 3.05) is 23.7 Å². The number of nitrogens with one attached hydrogen (secondary N) is 2. The summed E-state index contributed by atoms with van der Waals surface area (Å²) in [4.78, 5) is 44.9. The first-order valence-corrected chi connectivity index (χ1v) is 17.3. The maximum Gasteiger partial charge on any atom is 0.323 e. The van der Waals surface area contributed by atoms with E-state index >= 15 is 0 Å². The van der Waals surface area contributed by atoms with Crippen LogP contribution in [0.2, 0.25) is 10.0 Å². The highest BCUT2D eigenvalue weighted by Gasteiger charge is 2.30. The van der Waals surface area contributed by atoms with Gasteiger partial charge in [-0.1, -0.05) is 80.2 Å². The first-order valence-electron chi connectivity index (χ1n) is 16.5. The molecule has 1 aliphatic heterocycles. The van der Waals surface area contributed by atoms with Gasteiger partial charge in [0.1, 0.15) is 0 Å². The van der Waals surface area contributed by atoms with E-state index in [9.17, 15) is 14.4 Å². The number of carbonyl (C=O) groups excluding carboxylic acids is 3. The lowest BCUT2D eigenvalue weighted by atomic mass is 9.94. The largest absolute Gasteiger partial charge is 0.337 e. The summed E-state index contributed by atoms with van der Waals surface area (Å²) < 4.78 is 1.65. The minimum absolute atomic E-state index is 0.0657. The van der Waals surface area contributed by atoms with Gasteiger partial charge >= 0.3 is 6.03 Å². The Morgan fingerprint density at radius 3 is 2.23 bits per heavy atom. The molecule has 0 bridgehead atoms. The average molecular weight is 690 g/mol. The van der Waals surface area contributed by atoms with E-state index in [-0.39, 0.29) is 23.5 Å². The van der Waals surface area contributed by atoms with Crippen LogP contribution in [0, 0.1) is 6.92 Å². The molecule has 9 nitrogen and oxygen atoms in total. The molecule has 0 radical (unpaired) electrons. The lowest BCUT2D eigenvalue weighted by Gasteiger charge is -2.35. The Kier molecular flexibility index (Phi) is 11.4. The molecule has 2 heterocycles. The fourth-order valence-corrected chi connectivity index (χ4v) is 6.46. The Morgan fingerprint density at radius 1 is 0.896 bits per heavy atom. The number of urea groups is 1. The van der Waals surface area contributed by atoms with Gasteiger partial charge in [-0.2, -0.15) is 5.10 Å². The molecule has 5 rings (SSSR count). The van der Waals surface area contributed by atoms with Crippen molar-refractivity contribution < 1.29 is 14.4 Å². The molecular formula is C37H42Cl2N6O3. The monoisotopic (exact) mass is 688 g/mol. The SMILES string of the molecule is CCCCN(CCCC)C(=O)c1cc(C)n(-c2ccc(NC(=O)Nc3c(Cl)cccc3Cl)cc2C(=O)N2Cc3ccccc3C[C@H]2C)n1. The quantitative estimate of drug-likeness (QED) is 0.165. The summed E-state index contributed by atoms with van der Waals surface area (Å²) in [6.07, 6.45) is 4.52.